The smallest absolute Gasteiger partial charge is 0.374 e. The van der Waals surface area contributed by atoms with Crippen LogP contribution in [0.4, 0.5) is 0 Å². The van der Waals surface area contributed by atoms with Crippen molar-refractivity contribution in [3.05, 3.63) is 47.3 Å². The van der Waals surface area contributed by atoms with Gasteiger partial charge in [-0.1, -0.05) is 27.7 Å². The van der Waals surface area contributed by atoms with Crippen molar-refractivity contribution in [1.82, 2.24) is 0 Å². The first kappa shape index (κ1) is 27.0. The van der Waals surface area contributed by atoms with Gasteiger partial charge in [-0.2, -0.15) is 0 Å². The summed E-state index contributed by atoms with van der Waals surface area (Å²) in [5, 5.41) is 17.5. The fourth-order valence-corrected chi connectivity index (χ4v) is 4.57. The Morgan fingerprint density at radius 2 is 0.972 bits per heavy atom. The molecule has 1 aliphatic carbocycles. The van der Waals surface area contributed by atoms with Gasteiger partial charge in [-0.25, -0.2) is 19.2 Å². The number of aliphatic hydroxyl groups excluding tert-OH is 2. The molecule has 12 nitrogen and oxygen atoms in total. The highest BCUT2D eigenvalue weighted by Crippen LogP contribution is 2.57. The van der Waals surface area contributed by atoms with Crippen molar-refractivity contribution in [3.63, 3.8) is 0 Å². The fraction of sp³-hybridized carbons (Fsp3) is 0.500. The number of aliphatic hydroxyl groups is 2. The molecule has 2 heterocycles. The van der Waals surface area contributed by atoms with Crippen LogP contribution in [0.15, 0.2) is 33.1 Å². The van der Waals surface area contributed by atoms with Crippen molar-refractivity contribution in [2.24, 2.45) is 10.8 Å². The summed E-state index contributed by atoms with van der Waals surface area (Å²) >= 11 is 0. The third kappa shape index (κ3) is 5.29. The molecular formula is C24H28O12. The Hall–Kier alpha value is -3.64. The van der Waals surface area contributed by atoms with E-state index in [9.17, 15) is 19.2 Å². The Bertz CT molecular complexity index is 1020. The van der Waals surface area contributed by atoms with E-state index in [1.807, 2.05) is 0 Å². The zero-order chi connectivity index (χ0) is 26.7. The van der Waals surface area contributed by atoms with E-state index in [1.165, 1.54) is 24.3 Å². The number of furan rings is 2. The highest BCUT2D eigenvalue weighted by molar-refractivity contribution is 5.92. The lowest BCUT2D eigenvalue weighted by molar-refractivity contribution is -0.246. The minimum atomic E-state index is -0.831. The molecule has 2 N–H and O–H groups in total. The van der Waals surface area contributed by atoms with Crippen LogP contribution >= 0.6 is 0 Å². The largest absolute Gasteiger partial charge is 0.457 e. The molecule has 12 heteroatoms. The van der Waals surface area contributed by atoms with Crippen molar-refractivity contribution in [2.75, 3.05) is 26.4 Å². The van der Waals surface area contributed by atoms with Gasteiger partial charge in [0.15, 0.2) is 0 Å². The normalized spacial score (nSPS) is 19.6. The number of carbonyl (C=O) groups is 4. The van der Waals surface area contributed by atoms with Gasteiger partial charge >= 0.3 is 23.9 Å². The Balaban J connectivity index is 1.64. The molecule has 0 radical (unpaired) electrons. The molecule has 196 valence electrons. The second-order valence-electron chi connectivity index (χ2n) is 9.26. The topological polar surface area (TPSA) is 172 Å². The zero-order valence-corrected chi connectivity index (χ0v) is 20.3. The molecule has 3 rings (SSSR count). The summed E-state index contributed by atoms with van der Waals surface area (Å²) in [5.74, 6) is -4.15. The monoisotopic (exact) mass is 508 g/mol. The molecule has 0 unspecified atom stereocenters. The van der Waals surface area contributed by atoms with Gasteiger partial charge in [0, 0.05) is 10.8 Å². The van der Waals surface area contributed by atoms with E-state index in [0.29, 0.717) is 0 Å². The van der Waals surface area contributed by atoms with Gasteiger partial charge in [0.1, 0.15) is 25.4 Å². The molecule has 1 fully saturated rings. The van der Waals surface area contributed by atoms with Crippen molar-refractivity contribution >= 4 is 23.9 Å². The van der Waals surface area contributed by atoms with E-state index in [-0.39, 0.29) is 49.5 Å². The highest BCUT2D eigenvalue weighted by Gasteiger charge is 2.66. The number of hydrogen-bond acceptors (Lipinski definition) is 12. The molecule has 2 aromatic rings. The van der Waals surface area contributed by atoms with Crippen molar-refractivity contribution in [1.29, 1.82) is 0 Å². The van der Waals surface area contributed by atoms with E-state index in [4.69, 9.17) is 38.0 Å². The molecule has 0 amide bonds. The molecular weight excluding hydrogens is 480 g/mol. The maximum Gasteiger partial charge on any atom is 0.374 e. The van der Waals surface area contributed by atoms with Crippen LogP contribution in [0.1, 0.15) is 69.9 Å². The van der Waals surface area contributed by atoms with Crippen LogP contribution in [-0.2, 0) is 18.9 Å². The summed E-state index contributed by atoms with van der Waals surface area (Å²) in [4.78, 5) is 49.0. The lowest BCUT2D eigenvalue weighted by Crippen LogP contribution is -2.69. The van der Waals surface area contributed by atoms with E-state index in [0.717, 1.165) is 0 Å². The van der Waals surface area contributed by atoms with Crippen LogP contribution in [0, 0.1) is 10.8 Å². The Kier molecular flexibility index (Phi) is 7.89. The second kappa shape index (κ2) is 10.5. The minimum absolute atomic E-state index is 0.211. The second-order valence-corrected chi connectivity index (χ2v) is 9.26. The summed E-state index contributed by atoms with van der Waals surface area (Å²) in [6, 6.07) is 5.06. The predicted molar refractivity (Wildman–Crippen MR) is 118 cm³/mol. The zero-order valence-electron chi connectivity index (χ0n) is 20.3. The number of carbonyl (C=O) groups excluding carboxylic acids is 4. The number of esters is 4. The average molecular weight is 508 g/mol. The Morgan fingerprint density at radius 1 is 0.667 bits per heavy atom. The lowest BCUT2D eigenvalue weighted by atomic mass is 9.51. The van der Waals surface area contributed by atoms with Gasteiger partial charge in [0.2, 0.25) is 23.0 Å². The van der Waals surface area contributed by atoms with Gasteiger partial charge in [0.05, 0.1) is 13.2 Å². The fourth-order valence-electron chi connectivity index (χ4n) is 4.57. The quantitative estimate of drug-likeness (QED) is 0.354. The van der Waals surface area contributed by atoms with Crippen LogP contribution in [0.5, 0.6) is 0 Å². The molecule has 0 aliphatic heterocycles. The number of rotatable bonds is 10. The minimum Gasteiger partial charge on any atom is -0.457 e. The van der Waals surface area contributed by atoms with Crippen LogP contribution < -0.4 is 0 Å². The van der Waals surface area contributed by atoms with Crippen LogP contribution in [0.3, 0.4) is 0 Å². The third-order valence-electron chi connectivity index (χ3n) is 5.82. The summed E-state index contributed by atoms with van der Waals surface area (Å²) in [7, 11) is 0. The van der Waals surface area contributed by atoms with Crippen LogP contribution in [-0.4, -0.2) is 72.7 Å². The average Bonchev–Trinajstić information content (AvgIpc) is 3.52. The van der Waals surface area contributed by atoms with Gasteiger partial charge in [-0.3, -0.25) is 0 Å². The van der Waals surface area contributed by atoms with Crippen molar-refractivity contribution < 1.29 is 57.2 Å². The summed E-state index contributed by atoms with van der Waals surface area (Å²) in [5.41, 5.74) is -1.61. The maximum absolute atomic E-state index is 12.7. The van der Waals surface area contributed by atoms with Gasteiger partial charge in [-0.15, -0.1) is 0 Å². The first-order chi connectivity index (χ1) is 16.9. The van der Waals surface area contributed by atoms with E-state index < -0.39 is 46.9 Å². The standard InChI is InChI=1S/C24H28O12/c1-23(2)21(35-19(29)15-7-5-13(33-15)17(27)31-11-9-25)24(3,4)22(23)36-20(30)16-8-6-14(34-16)18(28)32-12-10-26/h5-8,21-22,25-26H,9-12H2,1-4H3. The molecule has 0 atom stereocenters. The molecule has 0 saturated heterocycles. The number of hydrogen-bond donors (Lipinski definition) is 2. The highest BCUT2D eigenvalue weighted by atomic mass is 16.6. The van der Waals surface area contributed by atoms with E-state index in [1.54, 1.807) is 27.7 Å². The van der Waals surface area contributed by atoms with Gasteiger partial charge in [-0.05, 0) is 24.3 Å². The van der Waals surface area contributed by atoms with Gasteiger partial charge in [0.25, 0.3) is 0 Å². The summed E-state index contributed by atoms with van der Waals surface area (Å²) < 4.78 is 31.2. The SMILES string of the molecule is CC1(C)C(OC(=O)c2ccc(C(=O)OCCO)o2)C(C)(C)C1OC(=O)c1ccc(C(=O)OCCO)o1. The predicted octanol–water partition coefficient (Wildman–Crippen LogP) is 1.99. The Labute approximate surface area is 206 Å². The summed E-state index contributed by atoms with van der Waals surface area (Å²) in [6.07, 6.45) is -1.38. The van der Waals surface area contributed by atoms with Crippen molar-refractivity contribution in [2.45, 2.75) is 39.9 Å². The number of ether oxygens (including phenoxy) is 4. The molecule has 1 saturated carbocycles. The lowest BCUT2D eigenvalue weighted by Gasteiger charge is -2.61. The molecule has 0 bridgehead atoms. The molecule has 0 aromatic carbocycles. The maximum atomic E-state index is 12.7. The Morgan fingerprint density at radius 3 is 1.28 bits per heavy atom. The molecule has 36 heavy (non-hydrogen) atoms. The summed E-state index contributed by atoms with van der Waals surface area (Å²) in [6.45, 7) is 5.91. The molecule has 2 aromatic heterocycles. The first-order valence-electron chi connectivity index (χ1n) is 11.1. The third-order valence-corrected chi connectivity index (χ3v) is 5.82. The van der Waals surface area contributed by atoms with Gasteiger partial charge < -0.3 is 38.0 Å². The van der Waals surface area contributed by atoms with E-state index in [2.05, 4.69) is 0 Å². The van der Waals surface area contributed by atoms with Crippen LogP contribution in [0.25, 0.3) is 0 Å². The molecule has 1 aliphatic rings. The van der Waals surface area contributed by atoms with Crippen LogP contribution in [0.2, 0.25) is 0 Å². The molecule has 0 spiro atoms. The van der Waals surface area contributed by atoms with Crippen molar-refractivity contribution in [3.8, 4) is 0 Å². The van der Waals surface area contributed by atoms with E-state index >= 15 is 0 Å². The first-order valence-corrected chi connectivity index (χ1v) is 11.1.